The third-order valence-corrected chi connectivity index (χ3v) is 8.64. The summed E-state index contributed by atoms with van der Waals surface area (Å²) in [4.78, 5) is 0. The molecule has 3 aliphatic rings. The molecular weight excluding hydrogens is 198 g/mol. The highest BCUT2D eigenvalue weighted by atomic mass is 28.3. The average Bonchev–Trinajstić information content (AvgIpc) is 2.83. The van der Waals surface area contributed by atoms with Gasteiger partial charge in [0.15, 0.2) is 0 Å². The molecular formula is C13H23NSi. The van der Waals surface area contributed by atoms with E-state index in [9.17, 15) is 0 Å². The molecule has 0 aromatic heterocycles. The average molecular weight is 221 g/mol. The van der Waals surface area contributed by atoms with Gasteiger partial charge in [0.25, 0.3) is 0 Å². The van der Waals surface area contributed by atoms with E-state index in [0.29, 0.717) is 0 Å². The summed E-state index contributed by atoms with van der Waals surface area (Å²) in [7, 11) is -0.955. The smallest absolute Gasteiger partial charge is 0.122 e. The van der Waals surface area contributed by atoms with E-state index >= 15 is 0 Å². The summed E-state index contributed by atoms with van der Waals surface area (Å²) < 4.78 is 2.88. The second kappa shape index (κ2) is 3.46. The molecule has 1 aliphatic heterocycles. The molecule has 0 aromatic carbocycles. The van der Waals surface area contributed by atoms with Gasteiger partial charge in [0.2, 0.25) is 0 Å². The van der Waals surface area contributed by atoms with Crippen molar-refractivity contribution in [1.82, 2.24) is 4.57 Å². The standard InChI is InChI=1S/C13H23NSi/c1-15(2)7-3-6-14(15)10-13-9-11-4-5-12(13)8-11/h4-5,11-13H,3,6-10H2,1-2H3. The number of hydrogen-bond donors (Lipinski definition) is 0. The maximum absolute atomic E-state index is 2.88. The Hall–Kier alpha value is -0.0831. The normalized spacial score (nSPS) is 42.9. The van der Waals surface area contributed by atoms with Crippen molar-refractivity contribution in [3.63, 3.8) is 0 Å². The van der Waals surface area contributed by atoms with Gasteiger partial charge in [-0.3, -0.25) is 0 Å². The number of hydrogen-bond acceptors (Lipinski definition) is 1. The summed E-state index contributed by atoms with van der Waals surface area (Å²) in [6.07, 6.45) is 9.40. The predicted molar refractivity (Wildman–Crippen MR) is 67.3 cm³/mol. The molecule has 1 saturated heterocycles. The maximum atomic E-state index is 2.88. The van der Waals surface area contributed by atoms with Crippen molar-refractivity contribution in [2.75, 3.05) is 13.1 Å². The van der Waals surface area contributed by atoms with Crippen LogP contribution in [0.25, 0.3) is 0 Å². The van der Waals surface area contributed by atoms with E-state index in [0.717, 1.165) is 17.8 Å². The summed E-state index contributed by atoms with van der Waals surface area (Å²) in [5, 5.41) is 0. The zero-order valence-corrected chi connectivity index (χ0v) is 11.1. The van der Waals surface area contributed by atoms with Gasteiger partial charge in [0.1, 0.15) is 8.24 Å². The van der Waals surface area contributed by atoms with Gasteiger partial charge in [-0.15, -0.1) is 0 Å². The number of nitrogens with zero attached hydrogens (tertiary/aromatic N) is 1. The summed E-state index contributed by atoms with van der Waals surface area (Å²) >= 11 is 0. The molecule has 0 radical (unpaired) electrons. The molecule has 3 rings (SSSR count). The van der Waals surface area contributed by atoms with E-state index in [2.05, 4.69) is 29.8 Å². The van der Waals surface area contributed by atoms with Crippen LogP contribution in [0.1, 0.15) is 19.3 Å². The van der Waals surface area contributed by atoms with Gasteiger partial charge in [-0.25, -0.2) is 0 Å². The Bertz CT molecular complexity index is 284. The fourth-order valence-corrected chi connectivity index (χ4v) is 6.72. The molecule has 0 amide bonds. The Labute approximate surface area is 94.6 Å². The fraction of sp³-hybridized carbons (Fsp3) is 0.846. The third kappa shape index (κ3) is 1.72. The Balaban J connectivity index is 1.64. The molecule has 3 atom stereocenters. The molecule has 0 aromatic rings. The van der Waals surface area contributed by atoms with Crippen molar-refractivity contribution in [2.24, 2.45) is 17.8 Å². The van der Waals surface area contributed by atoms with Crippen LogP contribution in [0, 0.1) is 17.8 Å². The molecule has 2 heteroatoms. The minimum atomic E-state index is -0.955. The first-order chi connectivity index (χ1) is 7.15. The Morgan fingerprint density at radius 3 is 2.67 bits per heavy atom. The molecule has 15 heavy (non-hydrogen) atoms. The minimum Gasteiger partial charge on any atom is -0.323 e. The fourth-order valence-electron chi connectivity index (χ4n) is 3.89. The van der Waals surface area contributed by atoms with E-state index < -0.39 is 8.24 Å². The Morgan fingerprint density at radius 1 is 1.27 bits per heavy atom. The molecule has 1 nitrogen and oxygen atoms in total. The van der Waals surface area contributed by atoms with Gasteiger partial charge in [0.05, 0.1) is 0 Å². The second-order valence-corrected chi connectivity index (χ2v) is 11.2. The van der Waals surface area contributed by atoms with Gasteiger partial charge >= 0.3 is 0 Å². The van der Waals surface area contributed by atoms with Crippen molar-refractivity contribution in [1.29, 1.82) is 0 Å². The monoisotopic (exact) mass is 221 g/mol. The van der Waals surface area contributed by atoms with Crippen LogP contribution in [0.4, 0.5) is 0 Å². The van der Waals surface area contributed by atoms with E-state index in [1.54, 1.807) is 0 Å². The zero-order valence-electron chi connectivity index (χ0n) is 10.1. The van der Waals surface area contributed by atoms with Crippen LogP contribution in [0.3, 0.4) is 0 Å². The van der Waals surface area contributed by atoms with Crippen LogP contribution in [-0.4, -0.2) is 25.9 Å². The number of rotatable bonds is 2. The van der Waals surface area contributed by atoms with Gasteiger partial charge in [0, 0.05) is 0 Å². The predicted octanol–water partition coefficient (Wildman–Crippen LogP) is 3.11. The van der Waals surface area contributed by atoms with Crippen molar-refractivity contribution in [2.45, 2.75) is 38.4 Å². The summed E-state index contributed by atoms with van der Waals surface area (Å²) in [5.41, 5.74) is 0. The first-order valence-corrected chi connectivity index (χ1v) is 9.74. The quantitative estimate of drug-likeness (QED) is 0.511. The van der Waals surface area contributed by atoms with Gasteiger partial charge in [-0.05, 0) is 56.1 Å². The molecule has 0 spiro atoms. The molecule has 2 bridgehead atoms. The van der Waals surface area contributed by atoms with Crippen LogP contribution < -0.4 is 0 Å². The topological polar surface area (TPSA) is 3.24 Å². The van der Waals surface area contributed by atoms with Crippen molar-refractivity contribution in [3.8, 4) is 0 Å². The van der Waals surface area contributed by atoms with Crippen LogP contribution in [0.5, 0.6) is 0 Å². The highest BCUT2D eigenvalue weighted by molar-refractivity contribution is 6.75. The Kier molecular flexibility index (Phi) is 2.33. The van der Waals surface area contributed by atoms with E-state index in [1.807, 2.05) is 0 Å². The van der Waals surface area contributed by atoms with Crippen LogP contribution in [0.15, 0.2) is 12.2 Å². The number of allylic oxidation sites excluding steroid dienone is 2. The lowest BCUT2D eigenvalue weighted by Crippen LogP contribution is -2.46. The first-order valence-electron chi connectivity index (χ1n) is 6.58. The van der Waals surface area contributed by atoms with E-state index in [-0.39, 0.29) is 0 Å². The largest absolute Gasteiger partial charge is 0.323 e. The van der Waals surface area contributed by atoms with E-state index in [4.69, 9.17) is 0 Å². The minimum absolute atomic E-state index is 0.945. The molecule has 1 saturated carbocycles. The first kappa shape index (κ1) is 10.1. The second-order valence-electron chi connectivity index (χ2n) is 6.40. The van der Waals surface area contributed by atoms with Crippen molar-refractivity contribution >= 4 is 8.24 Å². The summed E-state index contributed by atoms with van der Waals surface area (Å²) in [6, 6.07) is 1.53. The van der Waals surface area contributed by atoms with E-state index in [1.165, 1.54) is 38.4 Å². The molecule has 1 heterocycles. The molecule has 3 unspecified atom stereocenters. The highest BCUT2D eigenvalue weighted by Crippen LogP contribution is 2.44. The van der Waals surface area contributed by atoms with Crippen molar-refractivity contribution < 1.29 is 0 Å². The lowest BCUT2D eigenvalue weighted by Gasteiger charge is -2.33. The van der Waals surface area contributed by atoms with Crippen LogP contribution in [0.2, 0.25) is 19.1 Å². The summed E-state index contributed by atoms with van der Waals surface area (Å²) in [5.74, 6) is 2.90. The molecule has 84 valence electrons. The van der Waals surface area contributed by atoms with Crippen molar-refractivity contribution in [3.05, 3.63) is 12.2 Å². The zero-order chi connectivity index (χ0) is 10.5. The van der Waals surface area contributed by atoms with Gasteiger partial charge in [-0.2, -0.15) is 0 Å². The molecule has 0 N–H and O–H groups in total. The summed E-state index contributed by atoms with van der Waals surface area (Å²) in [6.45, 7) is 7.94. The maximum Gasteiger partial charge on any atom is 0.122 e. The lowest BCUT2D eigenvalue weighted by atomic mass is 9.93. The molecule has 2 aliphatic carbocycles. The van der Waals surface area contributed by atoms with Crippen LogP contribution in [-0.2, 0) is 0 Å². The SMILES string of the molecule is C[Si]1(C)CCCN1CC1CC2C=CC1C2. The van der Waals surface area contributed by atoms with Gasteiger partial charge < -0.3 is 4.57 Å². The lowest BCUT2D eigenvalue weighted by molar-refractivity contribution is 0.324. The number of fused-ring (bicyclic) bond motifs is 2. The highest BCUT2D eigenvalue weighted by Gasteiger charge is 2.40. The Morgan fingerprint density at radius 2 is 2.13 bits per heavy atom. The van der Waals surface area contributed by atoms with Gasteiger partial charge in [-0.1, -0.05) is 25.2 Å². The third-order valence-electron chi connectivity index (χ3n) is 4.94. The molecule has 2 fully saturated rings. The van der Waals surface area contributed by atoms with Crippen LogP contribution >= 0.6 is 0 Å².